The topological polar surface area (TPSA) is 60.4 Å². The molecule has 0 saturated carbocycles. The summed E-state index contributed by atoms with van der Waals surface area (Å²) >= 11 is 0. The highest BCUT2D eigenvalue weighted by molar-refractivity contribution is 5.80. The van der Waals surface area contributed by atoms with E-state index in [1.807, 2.05) is 32.6 Å². The van der Waals surface area contributed by atoms with Crippen molar-refractivity contribution in [2.24, 2.45) is 16.8 Å². The Morgan fingerprint density at radius 1 is 1.14 bits per heavy atom. The molecule has 1 amide bonds. The number of aliphatic imine (C=N–C) groups is 1. The molecule has 2 saturated heterocycles. The molecule has 29 heavy (non-hydrogen) atoms. The van der Waals surface area contributed by atoms with Gasteiger partial charge in [0.05, 0.1) is 0 Å². The SMILES string of the molecule is CCNC(=NCC1CCN(C)C1)N1CCC(CN(CC)C(=O)OC(C)(C)C)CC1. The van der Waals surface area contributed by atoms with Crippen molar-refractivity contribution in [3.8, 4) is 0 Å². The number of guanidine groups is 1. The number of ether oxygens (including phenoxy) is 1. The smallest absolute Gasteiger partial charge is 0.410 e. The van der Waals surface area contributed by atoms with Crippen molar-refractivity contribution in [1.82, 2.24) is 20.0 Å². The molecule has 1 unspecified atom stereocenters. The van der Waals surface area contributed by atoms with Gasteiger partial charge in [0, 0.05) is 45.8 Å². The molecule has 1 N–H and O–H groups in total. The molecule has 168 valence electrons. The first kappa shape index (κ1) is 23.8. The number of piperidine rings is 1. The summed E-state index contributed by atoms with van der Waals surface area (Å²) in [6.45, 7) is 17.5. The fourth-order valence-corrected chi connectivity index (χ4v) is 4.11. The maximum absolute atomic E-state index is 12.4. The van der Waals surface area contributed by atoms with Crippen LogP contribution in [0, 0.1) is 11.8 Å². The van der Waals surface area contributed by atoms with Crippen LogP contribution in [0.2, 0.25) is 0 Å². The molecule has 0 aromatic rings. The highest BCUT2D eigenvalue weighted by atomic mass is 16.6. The first-order valence-electron chi connectivity index (χ1n) is 11.4. The predicted molar refractivity (Wildman–Crippen MR) is 119 cm³/mol. The van der Waals surface area contributed by atoms with Crippen molar-refractivity contribution in [2.45, 2.75) is 59.5 Å². The lowest BCUT2D eigenvalue weighted by Gasteiger charge is -2.36. The number of nitrogens with one attached hydrogen (secondary N) is 1. The Bertz CT molecular complexity index is 538. The highest BCUT2D eigenvalue weighted by Gasteiger charge is 2.27. The van der Waals surface area contributed by atoms with Crippen LogP contribution in [0.5, 0.6) is 0 Å². The maximum Gasteiger partial charge on any atom is 0.410 e. The second-order valence-corrected chi connectivity index (χ2v) is 9.56. The molecule has 2 rings (SSSR count). The second-order valence-electron chi connectivity index (χ2n) is 9.56. The maximum atomic E-state index is 12.4. The average Bonchev–Trinajstić information content (AvgIpc) is 3.07. The monoisotopic (exact) mass is 409 g/mol. The average molecular weight is 410 g/mol. The van der Waals surface area contributed by atoms with Gasteiger partial charge >= 0.3 is 6.09 Å². The molecule has 7 nitrogen and oxygen atoms in total. The van der Waals surface area contributed by atoms with Gasteiger partial charge in [0.15, 0.2) is 5.96 Å². The second kappa shape index (κ2) is 11.0. The van der Waals surface area contributed by atoms with E-state index in [2.05, 4.69) is 29.1 Å². The number of likely N-dealkylation sites (tertiary alicyclic amines) is 2. The summed E-state index contributed by atoms with van der Waals surface area (Å²) in [5.41, 5.74) is -0.445. The molecule has 2 aliphatic rings. The minimum absolute atomic E-state index is 0.195. The van der Waals surface area contributed by atoms with Crippen molar-refractivity contribution in [2.75, 3.05) is 59.4 Å². The summed E-state index contributed by atoms with van der Waals surface area (Å²) in [6, 6.07) is 0. The van der Waals surface area contributed by atoms with Gasteiger partial charge in [0.1, 0.15) is 5.60 Å². The molecule has 2 heterocycles. The van der Waals surface area contributed by atoms with Crippen LogP contribution in [0.25, 0.3) is 0 Å². The molecule has 2 fully saturated rings. The molecule has 0 radical (unpaired) electrons. The molecule has 0 bridgehead atoms. The van der Waals surface area contributed by atoms with Gasteiger partial charge in [-0.1, -0.05) is 0 Å². The fourth-order valence-electron chi connectivity index (χ4n) is 4.11. The summed E-state index contributed by atoms with van der Waals surface area (Å²) in [6.07, 6.45) is 3.21. The van der Waals surface area contributed by atoms with Gasteiger partial charge in [-0.3, -0.25) is 4.99 Å². The third kappa shape index (κ3) is 8.03. The van der Waals surface area contributed by atoms with Crippen molar-refractivity contribution in [3.63, 3.8) is 0 Å². The van der Waals surface area contributed by atoms with E-state index in [9.17, 15) is 4.79 Å². The summed E-state index contributed by atoms with van der Waals surface area (Å²) in [5, 5.41) is 3.48. The predicted octanol–water partition coefficient (Wildman–Crippen LogP) is 2.87. The first-order valence-corrected chi connectivity index (χ1v) is 11.4. The van der Waals surface area contributed by atoms with Gasteiger partial charge in [-0.15, -0.1) is 0 Å². The normalized spacial score (nSPS) is 22.1. The van der Waals surface area contributed by atoms with Crippen molar-refractivity contribution in [1.29, 1.82) is 0 Å². The summed E-state index contributed by atoms with van der Waals surface area (Å²) < 4.78 is 5.56. The van der Waals surface area contributed by atoms with Crippen LogP contribution in [0.3, 0.4) is 0 Å². The van der Waals surface area contributed by atoms with Crippen molar-refractivity contribution >= 4 is 12.1 Å². The molecule has 0 aromatic carbocycles. The lowest BCUT2D eigenvalue weighted by Crippen LogP contribution is -2.48. The number of amides is 1. The fraction of sp³-hybridized carbons (Fsp3) is 0.909. The Labute approximate surface area is 177 Å². The number of rotatable bonds is 6. The summed E-state index contributed by atoms with van der Waals surface area (Å²) in [5.74, 6) is 2.25. The van der Waals surface area contributed by atoms with Gasteiger partial charge in [-0.2, -0.15) is 0 Å². The van der Waals surface area contributed by atoms with Crippen LogP contribution in [-0.4, -0.2) is 91.8 Å². The van der Waals surface area contributed by atoms with Gasteiger partial charge in [-0.05, 0) is 79.3 Å². The Hall–Kier alpha value is -1.50. The van der Waals surface area contributed by atoms with E-state index in [1.165, 1.54) is 13.0 Å². The van der Waals surface area contributed by atoms with Gasteiger partial charge in [-0.25, -0.2) is 4.79 Å². The Morgan fingerprint density at radius 2 is 1.79 bits per heavy atom. The minimum Gasteiger partial charge on any atom is -0.444 e. The van der Waals surface area contributed by atoms with E-state index < -0.39 is 5.60 Å². The molecule has 2 aliphatic heterocycles. The zero-order valence-corrected chi connectivity index (χ0v) is 19.5. The van der Waals surface area contributed by atoms with Crippen LogP contribution in [0.1, 0.15) is 53.9 Å². The Kier molecular flexibility index (Phi) is 9.05. The highest BCUT2D eigenvalue weighted by Crippen LogP contribution is 2.21. The molecule has 0 spiro atoms. The number of carbonyl (C=O) groups is 1. The molecular weight excluding hydrogens is 366 g/mol. The van der Waals surface area contributed by atoms with E-state index in [0.717, 1.165) is 58.1 Å². The van der Waals surface area contributed by atoms with E-state index in [1.54, 1.807) is 0 Å². The van der Waals surface area contributed by atoms with Crippen LogP contribution >= 0.6 is 0 Å². The number of hydrogen-bond donors (Lipinski definition) is 1. The molecule has 7 heteroatoms. The van der Waals surface area contributed by atoms with E-state index in [0.29, 0.717) is 18.4 Å². The lowest BCUT2D eigenvalue weighted by atomic mass is 9.96. The van der Waals surface area contributed by atoms with Crippen LogP contribution in [0.15, 0.2) is 4.99 Å². The lowest BCUT2D eigenvalue weighted by molar-refractivity contribution is 0.0214. The summed E-state index contributed by atoms with van der Waals surface area (Å²) in [7, 11) is 2.19. The zero-order chi connectivity index (χ0) is 21.4. The molecular formula is C22H43N5O2. The first-order chi connectivity index (χ1) is 13.7. The van der Waals surface area contributed by atoms with Gasteiger partial charge in [0.25, 0.3) is 0 Å². The van der Waals surface area contributed by atoms with Crippen LogP contribution < -0.4 is 5.32 Å². The molecule has 1 atom stereocenters. The molecule has 0 aliphatic carbocycles. The van der Waals surface area contributed by atoms with Gasteiger partial charge in [0.2, 0.25) is 0 Å². The largest absolute Gasteiger partial charge is 0.444 e. The Morgan fingerprint density at radius 3 is 2.31 bits per heavy atom. The number of carbonyl (C=O) groups excluding carboxylic acids is 1. The summed E-state index contributed by atoms with van der Waals surface area (Å²) in [4.78, 5) is 24.0. The zero-order valence-electron chi connectivity index (χ0n) is 19.5. The third-order valence-electron chi connectivity index (χ3n) is 5.75. The van der Waals surface area contributed by atoms with Gasteiger partial charge < -0.3 is 24.8 Å². The van der Waals surface area contributed by atoms with Crippen molar-refractivity contribution < 1.29 is 9.53 Å². The quantitative estimate of drug-likeness (QED) is 0.540. The standard InChI is InChI=1S/C22H43N5O2/c1-7-23-20(24-15-19-9-12-25(6)16-19)27-13-10-18(11-14-27)17-26(8-2)21(28)29-22(3,4)5/h18-19H,7-17H2,1-6H3,(H,23,24). The van der Waals surface area contributed by atoms with E-state index in [-0.39, 0.29) is 6.09 Å². The van der Waals surface area contributed by atoms with Crippen molar-refractivity contribution in [3.05, 3.63) is 0 Å². The van der Waals surface area contributed by atoms with Crippen LogP contribution in [-0.2, 0) is 4.74 Å². The number of hydrogen-bond acceptors (Lipinski definition) is 4. The van der Waals surface area contributed by atoms with E-state index >= 15 is 0 Å². The Balaban J connectivity index is 1.84. The minimum atomic E-state index is -0.445. The van der Waals surface area contributed by atoms with Crippen LogP contribution in [0.4, 0.5) is 4.79 Å². The molecule has 0 aromatic heterocycles. The third-order valence-corrected chi connectivity index (χ3v) is 5.75. The number of nitrogens with zero attached hydrogens (tertiary/aromatic N) is 4. The van der Waals surface area contributed by atoms with E-state index in [4.69, 9.17) is 9.73 Å².